The molecule has 3 rings (SSSR count). The van der Waals surface area contributed by atoms with E-state index in [1.165, 1.54) is 6.92 Å². The Morgan fingerprint density at radius 3 is 2.52 bits per heavy atom. The lowest BCUT2D eigenvalue weighted by molar-refractivity contribution is 0.101. The first-order valence-electron chi connectivity index (χ1n) is 8.54. The molecule has 0 unspecified atom stereocenters. The Labute approximate surface area is 161 Å². The van der Waals surface area contributed by atoms with E-state index < -0.39 is 5.91 Å². The predicted octanol–water partition coefficient (Wildman–Crippen LogP) is 4.69. The number of hydrogen-bond acceptors (Lipinski definition) is 3. The van der Waals surface area contributed by atoms with Gasteiger partial charge in [0.2, 0.25) is 5.43 Å². The van der Waals surface area contributed by atoms with Gasteiger partial charge in [-0.3, -0.25) is 14.4 Å². The number of rotatable bonds is 4. The normalized spacial score (nSPS) is 11.0. The van der Waals surface area contributed by atoms with Crippen molar-refractivity contribution in [3.63, 3.8) is 0 Å². The molecule has 1 aromatic heterocycles. The molecule has 0 aliphatic heterocycles. The molecule has 5 nitrogen and oxygen atoms in total. The second kappa shape index (κ2) is 7.37. The Balaban J connectivity index is 2.09. The van der Waals surface area contributed by atoms with E-state index in [0.717, 1.165) is 5.52 Å². The SMILES string of the molecule is CC(=O)c1cccc(NC(=O)c2cn(C(C)C)c3ccc(Cl)cc3c2=O)c1. The van der Waals surface area contributed by atoms with Crippen LogP contribution in [-0.2, 0) is 0 Å². The maximum atomic E-state index is 12.9. The Bertz CT molecular complexity index is 1120. The van der Waals surface area contributed by atoms with Gasteiger partial charge < -0.3 is 9.88 Å². The van der Waals surface area contributed by atoms with Crippen molar-refractivity contribution in [2.45, 2.75) is 26.8 Å². The van der Waals surface area contributed by atoms with Crippen LogP contribution in [0.5, 0.6) is 0 Å². The monoisotopic (exact) mass is 382 g/mol. The molecule has 1 N–H and O–H groups in total. The van der Waals surface area contributed by atoms with Gasteiger partial charge in [-0.1, -0.05) is 23.7 Å². The summed E-state index contributed by atoms with van der Waals surface area (Å²) < 4.78 is 1.87. The zero-order valence-electron chi connectivity index (χ0n) is 15.2. The molecule has 0 aliphatic rings. The Hall–Kier alpha value is -2.92. The number of ketones is 1. The molecular formula is C21H19ClN2O3. The van der Waals surface area contributed by atoms with Gasteiger partial charge in [-0.2, -0.15) is 0 Å². The van der Waals surface area contributed by atoms with Gasteiger partial charge in [0.05, 0.1) is 5.52 Å². The van der Waals surface area contributed by atoms with Crippen LogP contribution in [0.2, 0.25) is 5.02 Å². The van der Waals surface area contributed by atoms with Gasteiger partial charge in [-0.15, -0.1) is 0 Å². The van der Waals surface area contributed by atoms with Crippen LogP contribution < -0.4 is 10.7 Å². The molecule has 0 bridgehead atoms. The molecule has 0 atom stereocenters. The lowest BCUT2D eigenvalue weighted by atomic mass is 10.1. The molecule has 138 valence electrons. The minimum Gasteiger partial charge on any atom is -0.344 e. The number of benzene rings is 2. The summed E-state index contributed by atoms with van der Waals surface area (Å²) in [7, 11) is 0. The highest BCUT2D eigenvalue weighted by molar-refractivity contribution is 6.31. The standard InChI is InChI=1S/C21H19ClN2O3/c1-12(2)24-11-18(20(26)17-10-15(22)7-8-19(17)24)21(27)23-16-6-4-5-14(9-16)13(3)25/h4-12H,1-3H3,(H,23,27). The van der Waals surface area contributed by atoms with Crippen molar-refractivity contribution in [3.8, 4) is 0 Å². The maximum absolute atomic E-state index is 12.9. The number of aromatic nitrogens is 1. The van der Waals surface area contributed by atoms with Gasteiger partial charge in [0.25, 0.3) is 5.91 Å². The number of nitrogens with one attached hydrogen (secondary N) is 1. The molecule has 0 saturated heterocycles. The maximum Gasteiger partial charge on any atom is 0.261 e. The molecule has 27 heavy (non-hydrogen) atoms. The van der Waals surface area contributed by atoms with Gasteiger partial charge in [-0.05, 0) is 51.1 Å². The summed E-state index contributed by atoms with van der Waals surface area (Å²) in [6, 6.07) is 11.7. The number of halogens is 1. The molecule has 2 aromatic carbocycles. The molecule has 3 aromatic rings. The summed E-state index contributed by atoms with van der Waals surface area (Å²) in [4.78, 5) is 37.2. The molecule has 0 aliphatic carbocycles. The van der Waals surface area contributed by atoms with E-state index in [9.17, 15) is 14.4 Å². The lowest BCUT2D eigenvalue weighted by Crippen LogP contribution is -2.24. The van der Waals surface area contributed by atoms with Crippen molar-refractivity contribution >= 4 is 39.9 Å². The minimum atomic E-state index is -0.531. The zero-order valence-corrected chi connectivity index (χ0v) is 16.0. The average molecular weight is 383 g/mol. The number of pyridine rings is 1. The third kappa shape index (κ3) is 3.78. The molecule has 0 spiro atoms. The highest BCUT2D eigenvalue weighted by atomic mass is 35.5. The Morgan fingerprint density at radius 1 is 1.11 bits per heavy atom. The number of carbonyl (C=O) groups excluding carboxylic acids is 2. The molecular weight excluding hydrogens is 364 g/mol. The van der Waals surface area contributed by atoms with Crippen LogP contribution in [0, 0.1) is 0 Å². The zero-order chi connectivity index (χ0) is 19.7. The quantitative estimate of drug-likeness (QED) is 0.665. The average Bonchev–Trinajstić information content (AvgIpc) is 2.62. The highest BCUT2D eigenvalue weighted by Crippen LogP contribution is 2.21. The van der Waals surface area contributed by atoms with Crippen LogP contribution in [0.1, 0.15) is 47.5 Å². The van der Waals surface area contributed by atoms with Crippen LogP contribution in [-0.4, -0.2) is 16.3 Å². The number of amides is 1. The molecule has 0 fully saturated rings. The number of hydrogen-bond donors (Lipinski definition) is 1. The third-order valence-corrected chi connectivity index (χ3v) is 4.56. The topological polar surface area (TPSA) is 68.2 Å². The van der Waals surface area contributed by atoms with Crippen LogP contribution in [0.15, 0.2) is 53.5 Å². The van der Waals surface area contributed by atoms with Crippen LogP contribution >= 0.6 is 11.6 Å². The van der Waals surface area contributed by atoms with E-state index in [2.05, 4.69) is 5.32 Å². The van der Waals surface area contributed by atoms with Gasteiger partial charge >= 0.3 is 0 Å². The van der Waals surface area contributed by atoms with E-state index in [4.69, 9.17) is 11.6 Å². The molecule has 0 saturated carbocycles. The molecule has 0 radical (unpaired) electrons. The van der Waals surface area contributed by atoms with Gasteiger partial charge in [-0.25, -0.2) is 0 Å². The van der Waals surface area contributed by atoms with Gasteiger partial charge in [0.1, 0.15) is 5.56 Å². The first-order valence-corrected chi connectivity index (χ1v) is 8.92. The second-order valence-electron chi connectivity index (χ2n) is 6.63. The summed E-state index contributed by atoms with van der Waals surface area (Å²) in [5.41, 5.74) is 1.29. The molecule has 6 heteroatoms. The summed E-state index contributed by atoms with van der Waals surface area (Å²) in [6.45, 7) is 5.39. The van der Waals surface area contributed by atoms with Crippen molar-refractivity contribution in [3.05, 3.63) is 75.0 Å². The van der Waals surface area contributed by atoms with E-state index in [1.54, 1.807) is 48.7 Å². The Morgan fingerprint density at radius 2 is 1.85 bits per heavy atom. The van der Waals surface area contributed by atoms with E-state index in [-0.39, 0.29) is 22.8 Å². The molecule has 1 amide bonds. The van der Waals surface area contributed by atoms with E-state index in [1.807, 2.05) is 18.4 Å². The van der Waals surface area contributed by atoms with Crippen LogP contribution in [0.4, 0.5) is 5.69 Å². The number of anilines is 1. The van der Waals surface area contributed by atoms with Crippen LogP contribution in [0.25, 0.3) is 10.9 Å². The predicted molar refractivity (Wildman–Crippen MR) is 108 cm³/mol. The van der Waals surface area contributed by atoms with Crippen molar-refractivity contribution in [1.29, 1.82) is 0 Å². The van der Waals surface area contributed by atoms with Gasteiger partial charge in [0.15, 0.2) is 5.78 Å². The molecule has 1 heterocycles. The number of carbonyl (C=O) groups is 2. The van der Waals surface area contributed by atoms with Crippen molar-refractivity contribution in [2.75, 3.05) is 5.32 Å². The number of nitrogens with zero attached hydrogens (tertiary/aromatic N) is 1. The van der Waals surface area contributed by atoms with E-state index in [0.29, 0.717) is 21.7 Å². The summed E-state index contributed by atoms with van der Waals surface area (Å²) in [5, 5.41) is 3.52. The van der Waals surface area contributed by atoms with Crippen molar-refractivity contribution in [1.82, 2.24) is 4.57 Å². The second-order valence-corrected chi connectivity index (χ2v) is 7.06. The fraction of sp³-hybridized carbons (Fsp3) is 0.190. The fourth-order valence-corrected chi connectivity index (χ4v) is 3.10. The third-order valence-electron chi connectivity index (χ3n) is 4.32. The number of Topliss-reactive ketones (excluding diaryl/α,β-unsaturated/α-hetero) is 1. The smallest absolute Gasteiger partial charge is 0.261 e. The number of fused-ring (bicyclic) bond motifs is 1. The van der Waals surface area contributed by atoms with Crippen molar-refractivity contribution < 1.29 is 9.59 Å². The first kappa shape index (κ1) is 18.9. The van der Waals surface area contributed by atoms with Crippen LogP contribution in [0.3, 0.4) is 0 Å². The summed E-state index contributed by atoms with van der Waals surface area (Å²) in [5.74, 6) is -0.634. The largest absolute Gasteiger partial charge is 0.344 e. The Kier molecular flexibility index (Phi) is 5.15. The van der Waals surface area contributed by atoms with Gasteiger partial charge in [0, 0.05) is 33.9 Å². The van der Waals surface area contributed by atoms with Crippen molar-refractivity contribution in [2.24, 2.45) is 0 Å². The minimum absolute atomic E-state index is 0.0201. The highest BCUT2D eigenvalue weighted by Gasteiger charge is 2.17. The van der Waals surface area contributed by atoms with E-state index >= 15 is 0 Å². The lowest BCUT2D eigenvalue weighted by Gasteiger charge is -2.17. The first-order chi connectivity index (χ1) is 12.8. The fourth-order valence-electron chi connectivity index (χ4n) is 2.93. The summed E-state index contributed by atoms with van der Waals surface area (Å²) in [6.07, 6.45) is 1.56. The summed E-state index contributed by atoms with van der Waals surface area (Å²) >= 11 is 6.05.